The first kappa shape index (κ1) is 34.3. The number of carbonyl (C=O) groups is 2. The van der Waals surface area contributed by atoms with Gasteiger partial charge in [-0.3, -0.25) is 9.59 Å². The number of rotatable bonds is 7. The van der Waals surface area contributed by atoms with Crippen molar-refractivity contribution < 1.29 is 49.0 Å². The van der Waals surface area contributed by atoms with Crippen molar-refractivity contribution in [2.45, 2.75) is 161 Å². The Morgan fingerprint density at radius 1 is 0.936 bits per heavy atom. The summed E-state index contributed by atoms with van der Waals surface area (Å²) in [6, 6.07) is 0. The second-order valence-electron chi connectivity index (χ2n) is 18.4. The molecule has 0 amide bonds. The van der Waals surface area contributed by atoms with E-state index in [1.165, 1.54) is 6.92 Å². The van der Waals surface area contributed by atoms with Gasteiger partial charge in [0.1, 0.15) is 36.6 Å². The van der Waals surface area contributed by atoms with Crippen molar-refractivity contribution in [2.75, 3.05) is 6.61 Å². The van der Waals surface area contributed by atoms with E-state index in [4.69, 9.17) is 18.9 Å². The summed E-state index contributed by atoms with van der Waals surface area (Å²) in [6.07, 6.45) is 0.666. The molecule has 2 heterocycles. The van der Waals surface area contributed by atoms with Crippen LogP contribution in [0.4, 0.5) is 0 Å². The molecule has 2 aliphatic heterocycles. The Morgan fingerprint density at radius 2 is 1.57 bits per heavy atom. The van der Waals surface area contributed by atoms with E-state index in [2.05, 4.69) is 34.6 Å². The van der Waals surface area contributed by atoms with Gasteiger partial charge >= 0.3 is 5.97 Å². The van der Waals surface area contributed by atoms with Gasteiger partial charge in [0.15, 0.2) is 12.1 Å². The van der Waals surface area contributed by atoms with Gasteiger partial charge < -0.3 is 39.4 Å². The molecule has 5 aliphatic carbocycles. The van der Waals surface area contributed by atoms with E-state index in [9.17, 15) is 30.0 Å². The number of Topliss-reactive ketones (excluding diaryl/α,β-unsaturated/α-hetero) is 1. The van der Waals surface area contributed by atoms with Gasteiger partial charge in [0, 0.05) is 18.3 Å². The summed E-state index contributed by atoms with van der Waals surface area (Å²) in [6.45, 7) is 16.4. The highest BCUT2D eigenvalue weighted by Gasteiger charge is 2.84. The molecule has 0 radical (unpaired) electrons. The summed E-state index contributed by atoms with van der Waals surface area (Å²) in [5.41, 5.74) is -1.34. The summed E-state index contributed by atoms with van der Waals surface area (Å²) in [4.78, 5) is 26.3. The molecule has 7 fully saturated rings. The first-order chi connectivity index (χ1) is 21.8. The van der Waals surface area contributed by atoms with E-state index in [1.54, 1.807) is 0 Å². The Balaban J connectivity index is 1.12. The predicted octanol–water partition coefficient (Wildman–Crippen LogP) is 3.53. The van der Waals surface area contributed by atoms with E-state index < -0.39 is 42.2 Å². The number of aliphatic hydroxyl groups is 4. The SMILES string of the molecule is CC(=O)O[C@H](C[C@@H](C)[C@H]1C(=O)[C@H](O)[C@@]2(C)[C@H]3CC[C@H]4C(C)(C)[C@@H](O[C@@H]5OC[C@H](O)[C@H](O)[C@H]5O)CC[C@@]45C[C@@]35CC[C@]12C)[C@@H]1OC1(C)C. The molecule has 10 nitrogen and oxygen atoms in total. The normalized spacial score (nSPS) is 53.5. The summed E-state index contributed by atoms with van der Waals surface area (Å²) in [5.74, 6) is -0.211. The van der Waals surface area contributed by atoms with Crippen LogP contribution in [-0.4, -0.2) is 93.4 Å². The number of fused-ring (bicyclic) bond motifs is 2. The minimum Gasteiger partial charge on any atom is -0.460 e. The van der Waals surface area contributed by atoms with Crippen LogP contribution in [0.3, 0.4) is 0 Å². The zero-order valence-electron chi connectivity index (χ0n) is 29.5. The van der Waals surface area contributed by atoms with Gasteiger partial charge in [-0.1, -0.05) is 34.6 Å². The number of carbonyl (C=O) groups excluding carboxylic acids is 2. The monoisotopic (exact) mass is 662 g/mol. The third-order valence-electron chi connectivity index (χ3n) is 15.7. The molecule has 47 heavy (non-hydrogen) atoms. The van der Waals surface area contributed by atoms with Crippen molar-refractivity contribution in [1.82, 2.24) is 0 Å². The zero-order chi connectivity index (χ0) is 34.3. The first-order valence-electron chi connectivity index (χ1n) is 18.2. The number of hydrogen-bond acceptors (Lipinski definition) is 10. The van der Waals surface area contributed by atoms with Crippen LogP contribution in [0.1, 0.15) is 107 Å². The molecule has 0 aromatic heterocycles. The number of hydrogen-bond donors (Lipinski definition) is 4. The number of aliphatic hydroxyl groups excluding tert-OH is 4. The van der Waals surface area contributed by atoms with Crippen molar-refractivity contribution in [3.63, 3.8) is 0 Å². The van der Waals surface area contributed by atoms with Gasteiger partial charge in [0.25, 0.3) is 0 Å². The predicted molar refractivity (Wildman–Crippen MR) is 170 cm³/mol. The molecular weight excluding hydrogens is 604 g/mol. The molecule has 2 spiro atoms. The fourth-order valence-corrected chi connectivity index (χ4v) is 13.2. The highest BCUT2D eigenvalue weighted by molar-refractivity contribution is 5.90. The summed E-state index contributed by atoms with van der Waals surface area (Å²) >= 11 is 0. The van der Waals surface area contributed by atoms with Crippen LogP contribution in [0.2, 0.25) is 0 Å². The van der Waals surface area contributed by atoms with Crippen LogP contribution in [0.15, 0.2) is 0 Å². The van der Waals surface area contributed by atoms with Gasteiger partial charge in [-0.2, -0.15) is 0 Å². The lowest BCUT2D eigenvalue weighted by molar-refractivity contribution is -0.303. The maximum absolute atomic E-state index is 14.2. The second-order valence-corrected chi connectivity index (χ2v) is 18.4. The Morgan fingerprint density at radius 3 is 2.21 bits per heavy atom. The van der Waals surface area contributed by atoms with Gasteiger partial charge in [-0.15, -0.1) is 0 Å². The Bertz CT molecular complexity index is 1300. The lowest BCUT2D eigenvalue weighted by atomic mass is 9.41. The maximum atomic E-state index is 14.2. The van der Waals surface area contributed by atoms with E-state index >= 15 is 0 Å². The minimum absolute atomic E-state index is 0.0512. The van der Waals surface area contributed by atoms with Crippen molar-refractivity contribution in [1.29, 1.82) is 0 Å². The summed E-state index contributed by atoms with van der Waals surface area (Å²) < 4.78 is 23.7. The second kappa shape index (κ2) is 10.7. The quantitative estimate of drug-likeness (QED) is 0.181. The molecule has 0 aromatic carbocycles. The van der Waals surface area contributed by atoms with E-state index in [1.807, 2.05) is 13.8 Å². The Labute approximate surface area is 279 Å². The van der Waals surface area contributed by atoms with Crippen LogP contribution in [0, 0.1) is 50.7 Å². The number of esters is 1. The van der Waals surface area contributed by atoms with Crippen LogP contribution in [0.25, 0.3) is 0 Å². The fraction of sp³-hybridized carbons (Fsp3) is 0.946. The third-order valence-corrected chi connectivity index (χ3v) is 15.7. The minimum atomic E-state index is -1.31. The molecule has 4 N–H and O–H groups in total. The molecule has 0 bridgehead atoms. The molecule has 7 rings (SSSR count). The highest BCUT2D eigenvalue weighted by atomic mass is 16.7. The van der Waals surface area contributed by atoms with Crippen molar-refractivity contribution in [3.05, 3.63) is 0 Å². The average Bonchev–Trinajstić information content (AvgIpc) is 3.84. The van der Waals surface area contributed by atoms with Gasteiger partial charge in [-0.05, 0) is 105 Å². The Hall–Kier alpha value is -1.14. The maximum Gasteiger partial charge on any atom is 0.302 e. The molecule has 5 saturated carbocycles. The Kier molecular flexibility index (Phi) is 7.80. The highest BCUT2D eigenvalue weighted by Crippen LogP contribution is 2.89. The molecular formula is C37H58O10. The van der Waals surface area contributed by atoms with Crippen molar-refractivity contribution >= 4 is 11.8 Å². The van der Waals surface area contributed by atoms with Gasteiger partial charge in [0.05, 0.1) is 18.3 Å². The largest absolute Gasteiger partial charge is 0.460 e. The smallest absolute Gasteiger partial charge is 0.302 e. The number of ketones is 1. The van der Waals surface area contributed by atoms with Crippen LogP contribution < -0.4 is 0 Å². The van der Waals surface area contributed by atoms with Gasteiger partial charge in [-0.25, -0.2) is 0 Å². The molecule has 7 aliphatic rings. The summed E-state index contributed by atoms with van der Waals surface area (Å²) in [7, 11) is 0. The molecule has 0 unspecified atom stereocenters. The first-order valence-corrected chi connectivity index (χ1v) is 18.2. The lowest BCUT2D eigenvalue weighted by Gasteiger charge is -2.63. The van der Waals surface area contributed by atoms with Crippen LogP contribution >= 0.6 is 0 Å². The van der Waals surface area contributed by atoms with Crippen molar-refractivity contribution in [2.24, 2.45) is 50.7 Å². The zero-order valence-corrected chi connectivity index (χ0v) is 29.5. The molecule has 16 atom stereocenters. The lowest BCUT2D eigenvalue weighted by Crippen LogP contribution is -2.61. The van der Waals surface area contributed by atoms with E-state index in [0.29, 0.717) is 12.3 Å². The molecule has 0 aromatic rings. The number of epoxide rings is 1. The standard InChI is InChI=1S/C37H58O10/c1-18(15-21(45-19(2)38)30-33(5,6)47-30)25-27(41)29(43)35(8)23-10-9-22-32(3,4)24(46-31-28(42)26(40)20(39)16-44-31)11-12-36(22)17-37(23,36)14-13-34(25,35)7/h18,20-26,28-31,39-40,42-43H,9-17H2,1-8H3/t18-,20+,21-,22+,23-,24+,25+,26+,28-,29+,30+,31+,34-,35-,36-,37+/m1/s1. The van der Waals surface area contributed by atoms with E-state index in [-0.39, 0.29) is 75.6 Å². The topological polar surface area (TPSA) is 155 Å². The summed E-state index contributed by atoms with van der Waals surface area (Å²) in [5, 5.41) is 42.8. The molecule has 10 heteroatoms. The van der Waals surface area contributed by atoms with E-state index in [0.717, 1.165) is 44.9 Å². The fourth-order valence-electron chi connectivity index (χ4n) is 13.2. The average molecular weight is 663 g/mol. The van der Waals surface area contributed by atoms with Crippen LogP contribution in [-0.2, 0) is 28.5 Å². The number of ether oxygens (including phenoxy) is 4. The third kappa shape index (κ3) is 4.53. The van der Waals surface area contributed by atoms with Crippen molar-refractivity contribution in [3.8, 4) is 0 Å². The molecule has 2 saturated heterocycles. The van der Waals surface area contributed by atoms with Crippen LogP contribution in [0.5, 0.6) is 0 Å². The molecule has 266 valence electrons. The van der Waals surface area contributed by atoms with Gasteiger partial charge in [0.2, 0.25) is 0 Å².